The van der Waals surface area contributed by atoms with Crippen LogP contribution in [0.15, 0.2) is 73.1 Å². The number of pyridine rings is 2. The summed E-state index contributed by atoms with van der Waals surface area (Å²) in [6.45, 7) is 3.44. The molecule has 0 saturated heterocycles. The van der Waals surface area contributed by atoms with Crippen molar-refractivity contribution in [2.75, 3.05) is 18.4 Å². The number of aryl methyl sites for hydroxylation is 1. The maximum Gasteiger partial charge on any atom is 0.125 e. The minimum atomic E-state index is 0.583. The molecule has 30 heavy (non-hydrogen) atoms. The standard InChI is InChI=1S/C25H23N5/c1-16-19-8-6-17(20-10-12-27-22-5-3-2-4-21(20)22)14-23(19)30-25(16)18-7-9-24(29-15-18)28-13-11-26/h2-10,12,14-15,30H,11,13,26H2,1H3,(H,28,29). The molecule has 0 aliphatic rings. The second-order valence-corrected chi connectivity index (χ2v) is 7.41. The Labute approximate surface area is 175 Å². The number of aromatic nitrogens is 3. The van der Waals surface area contributed by atoms with E-state index in [1.54, 1.807) is 0 Å². The molecular formula is C25H23N5. The van der Waals surface area contributed by atoms with E-state index >= 15 is 0 Å². The summed E-state index contributed by atoms with van der Waals surface area (Å²) in [6.07, 6.45) is 3.77. The second-order valence-electron chi connectivity index (χ2n) is 7.41. The predicted octanol–water partition coefficient (Wildman–Crippen LogP) is 5.12. The summed E-state index contributed by atoms with van der Waals surface area (Å²) in [6, 6.07) is 21.0. The Morgan fingerprint density at radius 3 is 2.63 bits per heavy atom. The SMILES string of the molecule is Cc1c(-c2ccc(NCCN)nc2)[nH]c2cc(-c3ccnc4ccccc34)ccc12. The highest BCUT2D eigenvalue weighted by atomic mass is 15.0. The van der Waals surface area contributed by atoms with Crippen LogP contribution in [0.4, 0.5) is 5.82 Å². The molecule has 0 amide bonds. The number of H-pyrrole nitrogens is 1. The van der Waals surface area contributed by atoms with Crippen molar-refractivity contribution >= 4 is 27.6 Å². The van der Waals surface area contributed by atoms with Crippen LogP contribution in [-0.2, 0) is 0 Å². The summed E-state index contributed by atoms with van der Waals surface area (Å²) < 4.78 is 0. The van der Waals surface area contributed by atoms with Crippen molar-refractivity contribution in [3.63, 3.8) is 0 Å². The minimum absolute atomic E-state index is 0.583. The normalized spacial score (nSPS) is 11.3. The molecule has 3 heterocycles. The van der Waals surface area contributed by atoms with Gasteiger partial charge >= 0.3 is 0 Å². The molecule has 0 spiro atoms. The Bertz CT molecular complexity index is 1330. The zero-order valence-electron chi connectivity index (χ0n) is 16.8. The lowest BCUT2D eigenvalue weighted by Crippen LogP contribution is -2.13. The summed E-state index contributed by atoms with van der Waals surface area (Å²) >= 11 is 0. The van der Waals surface area contributed by atoms with Crippen molar-refractivity contribution in [3.05, 3.63) is 78.6 Å². The first kappa shape index (κ1) is 18.3. The fraction of sp³-hybridized carbons (Fsp3) is 0.120. The lowest BCUT2D eigenvalue weighted by Gasteiger charge is -2.06. The lowest BCUT2D eigenvalue weighted by atomic mass is 9.99. The summed E-state index contributed by atoms with van der Waals surface area (Å²) in [4.78, 5) is 12.6. The van der Waals surface area contributed by atoms with Crippen LogP contribution in [0.1, 0.15) is 5.56 Å². The Morgan fingerprint density at radius 1 is 0.933 bits per heavy atom. The molecule has 5 aromatic rings. The molecule has 0 aliphatic carbocycles. The molecule has 3 aromatic heterocycles. The van der Waals surface area contributed by atoms with E-state index in [1.807, 2.05) is 30.6 Å². The molecule has 0 atom stereocenters. The first-order valence-corrected chi connectivity index (χ1v) is 10.1. The summed E-state index contributed by atoms with van der Waals surface area (Å²) in [5, 5.41) is 5.58. The molecule has 5 nitrogen and oxygen atoms in total. The van der Waals surface area contributed by atoms with Gasteiger partial charge in [-0.25, -0.2) is 4.98 Å². The highest BCUT2D eigenvalue weighted by molar-refractivity contribution is 5.98. The van der Waals surface area contributed by atoms with Gasteiger partial charge in [0.15, 0.2) is 0 Å². The minimum Gasteiger partial charge on any atom is -0.369 e. The zero-order valence-corrected chi connectivity index (χ0v) is 16.8. The van der Waals surface area contributed by atoms with Crippen LogP contribution >= 0.6 is 0 Å². The highest BCUT2D eigenvalue weighted by Crippen LogP contribution is 2.34. The Kier molecular flexibility index (Phi) is 4.65. The van der Waals surface area contributed by atoms with Gasteiger partial charge in [0.1, 0.15) is 5.82 Å². The summed E-state index contributed by atoms with van der Waals surface area (Å²) in [5.41, 5.74) is 13.4. The van der Waals surface area contributed by atoms with Gasteiger partial charge in [-0.05, 0) is 53.9 Å². The van der Waals surface area contributed by atoms with Crippen molar-refractivity contribution in [2.45, 2.75) is 6.92 Å². The maximum absolute atomic E-state index is 5.55. The van der Waals surface area contributed by atoms with Crippen LogP contribution in [0, 0.1) is 6.92 Å². The van der Waals surface area contributed by atoms with Crippen molar-refractivity contribution in [2.24, 2.45) is 5.73 Å². The monoisotopic (exact) mass is 393 g/mol. The van der Waals surface area contributed by atoms with E-state index in [1.165, 1.54) is 22.1 Å². The number of rotatable bonds is 5. The number of nitrogens with one attached hydrogen (secondary N) is 2. The van der Waals surface area contributed by atoms with Crippen molar-refractivity contribution in [1.82, 2.24) is 15.0 Å². The molecule has 0 radical (unpaired) electrons. The third kappa shape index (κ3) is 3.19. The van der Waals surface area contributed by atoms with E-state index in [0.717, 1.165) is 33.5 Å². The van der Waals surface area contributed by atoms with Gasteiger partial charge in [0.05, 0.1) is 11.2 Å². The van der Waals surface area contributed by atoms with Crippen LogP contribution in [0.5, 0.6) is 0 Å². The predicted molar refractivity (Wildman–Crippen MR) is 125 cm³/mol. The third-order valence-electron chi connectivity index (χ3n) is 5.52. The van der Waals surface area contributed by atoms with Gasteiger partial charge in [0.2, 0.25) is 0 Å². The van der Waals surface area contributed by atoms with Gasteiger partial charge in [-0.1, -0.05) is 30.3 Å². The van der Waals surface area contributed by atoms with Gasteiger partial charge in [0, 0.05) is 47.3 Å². The summed E-state index contributed by atoms with van der Waals surface area (Å²) in [5.74, 6) is 0.838. The quantitative estimate of drug-likeness (QED) is 0.387. The van der Waals surface area contributed by atoms with Crippen LogP contribution in [-0.4, -0.2) is 28.0 Å². The average Bonchev–Trinajstić information content (AvgIpc) is 3.13. The van der Waals surface area contributed by atoms with Crippen LogP contribution < -0.4 is 11.1 Å². The smallest absolute Gasteiger partial charge is 0.125 e. The molecular weight excluding hydrogens is 370 g/mol. The van der Waals surface area contributed by atoms with Crippen molar-refractivity contribution in [3.8, 4) is 22.4 Å². The van der Waals surface area contributed by atoms with Crippen LogP contribution in [0.2, 0.25) is 0 Å². The summed E-state index contributed by atoms with van der Waals surface area (Å²) in [7, 11) is 0. The molecule has 4 N–H and O–H groups in total. The van der Waals surface area contributed by atoms with E-state index in [4.69, 9.17) is 5.73 Å². The topological polar surface area (TPSA) is 79.6 Å². The fourth-order valence-electron chi connectivity index (χ4n) is 3.99. The molecule has 5 rings (SSSR count). The number of benzene rings is 2. The second kappa shape index (κ2) is 7.61. The van der Waals surface area contributed by atoms with Gasteiger partial charge in [-0.15, -0.1) is 0 Å². The third-order valence-corrected chi connectivity index (χ3v) is 5.52. The largest absolute Gasteiger partial charge is 0.369 e. The number of hydrogen-bond donors (Lipinski definition) is 3. The van der Waals surface area contributed by atoms with Crippen molar-refractivity contribution in [1.29, 1.82) is 0 Å². The number of aromatic amines is 1. The highest BCUT2D eigenvalue weighted by Gasteiger charge is 2.12. The maximum atomic E-state index is 5.55. The molecule has 148 valence electrons. The van der Waals surface area contributed by atoms with E-state index in [-0.39, 0.29) is 0 Å². The number of hydrogen-bond acceptors (Lipinski definition) is 4. The average molecular weight is 393 g/mol. The number of anilines is 1. The Hall–Kier alpha value is -3.70. The number of para-hydroxylation sites is 1. The van der Waals surface area contributed by atoms with Gasteiger partial charge in [0.25, 0.3) is 0 Å². The number of fused-ring (bicyclic) bond motifs is 2. The van der Waals surface area contributed by atoms with Crippen molar-refractivity contribution < 1.29 is 0 Å². The molecule has 0 unspecified atom stereocenters. The fourth-order valence-corrected chi connectivity index (χ4v) is 3.99. The van der Waals surface area contributed by atoms with Crippen LogP contribution in [0.25, 0.3) is 44.2 Å². The van der Waals surface area contributed by atoms with E-state index in [9.17, 15) is 0 Å². The van der Waals surface area contributed by atoms with E-state index in [2.05, 4.69) is 69.7 Å². The molecule has 0 fully saturated rings. The van der Waals surface area contributed by atoms with Gasteiger partial charge < -0.3 is 16.0 Å². The number of nitrogens with zero attached hydrogens (tertiary/aromatic N) is 2. The molecule has 0 saturated carbocycles. The molecule has 2 aromatic carbocycles. The Morgan fingerprint density at radius 2 is 1.80 bits per heavy atom. The zero-order chi connectivity index (χ0) is 20.5. The van der Waals surface area contributed by atoms with Gasteiger partial charge in [-0.3, -0.25) is 4.98 Å². The Balaban J connectivity index is 1.56. The van der Waals surface area contributed by atoms with E-state index in [0.29, 0.717) is 13.1 Å². The molecule has 0 bridgehead atoms. The van der Waals surface area contributed by atoms with E-state index < -0.39 is 0 Å². The first-order valence-electron chi connectivity index (χ1n) is 10.1. The van der Waals surface area contributed by atoms with Gasteiger partial charge in [-0.2, -0.15) is 0 Å². The molecule has 0 aliphatic heterocycles. The number of nitrogens with two attached hydrogens (primary N) is 1. The lowest BCUT2D eigenvalue weighted by molar-refractivity contribution is 1.01. The first-order chi connectivity index (χ1) is 14.7. The van der Waals surface area contributed by atoms with Crippen LogP contribution in [0.3, 0.4) is 0 Å². The molecule has 5 heteroatoms.